The largest absolute Gasteiger partial charge is 0.393 e. The molecule has 0 spiro atoms. The fourth-order valence-corrected chi connectivity index (χ4v) is 0.852. The van der Waals surface area contributed by atoms with Gasteiger partial charge in [-0.2, -0.15) is 0 Å². The fraction of sp³-hybridized carbons (Fsp3) is 1.00. The highest BCUT2D eigenvalue weighted by molar-refractivity contribution is 4.58. The molecule has 0 amide bonds. The summed E-state index contributed by atoms with van der Waals surface area (Å²) in [5.41, 5.74) is 5.33. The molecule has 0 bridgehead atoms. The Morgan fingerprint density at radius 3 is 2.30 bits per heavy atom. The van der Waals surface area contributed by atoms with Gasteiger partial charge in [-0.25, -0.2) is 0 Å². The summed E-state index contributed by atoms with van der Waals surface area (Å²) in [6.07, 6.45) is 3.15. The average Bonchev–Trinajstić information content (AvgIpc) is 1.88. The molecular weight excluding hydrogens is 126 g/mol. The standard InChI is InChI=1S/C8H19NO/c1-7(8(2)10)5-3-4-6-9/h7-8,10H,3-6,9H2,1-2H3. The van der Waals surface area contributed by atoms with Crippen LogP contribution in [0.15, 0.2) is 0 Å². The number of aliphatic hydroxyl groups excluding tert-OH is 1. The zero-order valence-electron chi connectivity index (χ0n) is 7.01. The topological polar surface area (TPSA) is 46.2 Å². The van der Waals surface area contributed by atoms with Crippen molar-refractivity contribution in [2.24, 2.45) is 11.7 Å². The average molecular weight is 145 g/mol. The van der Waals surface area contributed by atoms with E-state index in [-0.39, 0.29) is 6.10 Å². The van der Waals surface area contributed by atoms with Crippen molar-refractivity contribution in [3.05, 3.63) is 0 Å². The predicted octanol–water partition coefficient (Wildman–Crippen LogP) is 1.13. The highest BCUT2D eigenvalue weighted by Gasteiger charge is 2.06. The van der Waals surface area contributed by atoms with Crippen molar-refractivity contribution in [3.8, 4) is 0 Å². The minimum atomic E-state index is -0.169. The molecule has 0 aliphatic heterocycles. The fourth-order valence-electron chi connectivity index (χ4n) is 0.852. The van der Waals surface area contributed by atoms with Crippen molar-refractivity contribution in [2.75, 3.05) is 6.54 Å². The van der Waals surface area contributed by atoms with Crippen LogP contribution in [0.4, 0.5) is 0 Å². The minimum absolute atomic E-state index is 0.169. The molecule has 3 N–H and O–H groups in total. The van der Waals surface area contributed by atoms with E-state index in [0.717, 1.165) is 25.8 Å². The van der Waals surface area contributed by atoms with Crippen LogP contribution in [0.25, 0.3) is 0 Å². The maximum absolute atomic E-state index is 9.09. The van der Waals surface area contributed by atoms with Crippen LogP contribution in [0.5, 0.6) is 0 Å². The van der Waals surface area contributed by atoms with Gasteiger partial charge in [-0.3, -0.25) is 0 Å². The van der Waals surface area contributed by atoms with Gasteiger partial charge in [0.25, 0.3) is 0 Å². The van der Waals surface area contributed by atoms with Crippen molar-refractivity contribution < 1.29 is 5.11 Å². The molecule has 10 heavy (non-hydrogen) atoms. The Morgan fingerprint density at radius 2 is 1.90 bits per heavy atom. The molecule has 0 rings (SSSR count). The molecule has 2 atom stereocenters. The van der Waals surface area contributed by atoms with Gasteiger partial charge in [0.2, 0.25) is 0 Å². The smallest absolute Gasteiger partial charge is 0.0537 e. The molecule has 62 valence electrons. The van der Waals surface area contributed by atoms with Gasteiger partial charge in [0, 0.05) is 0 Å². The van der Waals surface area contributed by atoms with Gasteiger partial charge >= 0.3 is 0 Å². The molecule has 0 aliphatic rings. The lowest BCUT2D eigenvalue weighted by molar-refractivity contribution is 0.128. The Morgan fingerprint density at radius 1 is 1.30 bits per heavy atom. The first-order valence-corrected chi connectivity index (χ1v) is 4.06. The first-order valence-electron chi connectivity index (χ1n) is 4.06. The number of hydrogen-bond acceptors (Lipinski definition) is 2. The molecule has 0 radical (unpaired) electrons. The van der Waals surface area contributed by atoms with Crippen LogP contribution in [0.1, 0.15) is 33.1 Å². The number of nitrogens with two attached hydrogens (primary N) is 1. The molecular formula is C8H19NO. The minimum Gasteiger partial charge on any atom is -0.393 e. The van der Waals surface area contributed by atoms with Crippen LogP contribution < -0.4 is 5.73 Å². The second kappa shape index (κ2) is 5.69. The molecule has 0 heterocycles. The number of rotatable bonds is 5. The Hall–Kier alpha value is -0.0800. The molecule has 0 saturated heterocycles. The third kappa shape index (κ3) is 4.77. The number of hydrogen-bond donors (Lipinski definition) is 2. The first kappa shape index (κ1) is 9.92. The van der Waals surface area contributed by atoms with Crippen LogP contribution in [-0.2, 0) is 0 Å². The summed E-state index contributed by atoms with van der Waals surface area (Å²) in [6, 6.07) is 0. The SMILES string of the molecule is CC(O)C(C)CCCCN. The zero-order chi connectivity index (χ0) is 7.98. The molecule has 2 heteroatoms. The highest BCUT2D eigenvalue weighted by Crippen LogP contribution is 2.10. The van der Waals surface area contributed by atoms with Crippen LogP contribution in [0.3, 0.4) is 0 Å². The molecule has 2 unspecified atom stereocenters. The van der Waals surface area contributed by atoms with Gasteiger partial charge < -0.3 is 10.8 Å². The molecule has 0 aromatic carbocycles. The molecule has 0 saturated carbocycles. The summed E-state index contributed by atoms with van der Waals surface area (Å²) in [4.78, 5) is 0. The van der Waals surface area contributed by atoms with Crippen molar-refractivity contribution in [1.29, 1.82) is 0 Å². The summed E-state index contributed by atoms with van der Waals surface area (Å²) in [5.74, 6) is 0.423. The third-order valence-corrected chi connectivity index (χ3v) is 1.94. The van der Waals surface area contributed by atoms with Crippen LogP contribution >= 0.6 is 0 Å². The summed E-state index contributed by atoms with van der Waals surface area (Å²) in [6.45, 7) is 4.68. The van der Waals surface area contributed by atoms with Crippen molar-refractivity contribution >= 4 is 0 Å². The van der Waals surface area contributed by atoms with E-state index in [1.807, 2.05) is 6.92 Å². The van der Waals surface area contributed by atoms with Crippen LogP contribution in [0.2, 0.25) is 0 Å². The molecule has 0 aromatic heterocycles. The molecule has 2 nitrogen and oxygen atoms in total. The van der Waals surface area contributed by atoms with Gasteiger partial charge in [0.05, 0.1) is 6.10 Å². The normalized spacial score (nSPS) is 16.8. The second-order valence-electron chi connectivity index (χ2n) is 3.00. The van der Waals surface area contributed by atoms with Crippen molar-refractivity contribution in [3.63, 3.8) is 0 Å². The van der Waals surface area contributed by atoms with Gasteiger partial charge in [-0.1, -0.05) is 13.3 Å². The van der Waals surface area contributed by atoms with E-state index < -0.39 is 0 Å². The maximum Gasteiger partial charge on any atom is 0.0537 e. The maximum atomic E-state index is 9.09. The first-order chi connectivity index (χ1) is 4.68. The monoisotopic (exact) mass is 145 g/mol. The van der Waals surface area contributed by atoms with Gasteiger partial charge in [0.15, 0.2) is 0 Å². The van der Waals surface area contributed by atoms with Crippen LogP contribution in [-0.4, -0.2) is 17.8 Å². The Labute approximate surface area is 63.4 Å². The van der Waals surface area contributed by atoms with E-state index in [1.54, 1.807) is 0 Å². The molecule has 0 aromatic rings. The van der Waals surface area contributed by atoms with Crippen molar-refractivity contribution in [2.45, 2.75) is 39.2 Å². The summed E-state index contributed by atoms with van der Waals surface area (Å²) < 4.78 is 0. The summed E-state index contributed by atoms with van der Waals surface area (Å²) in [7, 11) is 0. The Balaban J connectivity index is 3.13. The van der Waals surface area contributed by atoms with E-state index in [4.69, 9.17) is 10.8 Å². The summed E-state index contributed by atoms with van der Waals surface area (Å²) >= 11 is 0. The predicted molar refractivity (Wildman–Crippen MR) is 43.8 cm³/mol. The summed E-state index contributed by atoms with van der Waals surface area (Å²) in [5, 5.41) is 9.09. The molecule has 0 aliphatic carbocycles. The van der Waals surface area contributed by atoms with Gasteiger partial charge in [0.1, 0.15) is 0 Å². The third-order valence-electron chi connectivity index (χ3n) is 1.94. The lowest BCUT2D eigenvalue weighted by Crippen LogP contribution is -2.13. The number of unbranched alkanes of at least 4 members (excludes halogenated alkanes) is 1. The second-order valence-corrected chi connectivity index (χ2v) is 3.00. The van der Waals surface area contributed by atoms with E-state index >= 15 is 0 Å². The van der Waals surface area contributed by atoms with Gasteiger partial charge in [-0.15, -0.1) is 0 Å². The molecule has 0 fully saturated rings. The number of aliphatic hydroxyl groups is 1. The van der Waals surface area contributed by atoms with Gasteiger partial charge in [-0.05, 0) is 32.2 Å². The van der Waals surface area contributed by atoms with E-state index in [1.165, 1.54) is 0 Å². The Kier molecular flexibility index (Phi) is 5.64. The van der Waals surface area contributed by atoms with E-state index in [2.05, 4.69) is 6.92 Å². The van der Waals surface area contributed by atoms with Crippen LogP contribution in [0, 0.1) is 5.92 Å². The Bertz CT molecular complexity index is 73.7. The van der Waals surface area contributed by atoms with Crippen molar-refractivity contribution in [1.82, 2.24) is 0 Å². The van der Waals surface area contributed by atoms with E-state index in [9.17, 15) is 0 Å². The quantitative estimate of drug-likeness (QED) is 0.570. The highest BCUT2D eigenvalue weighted by atomic mass is 16.3. The van der Waals surface area contributed by atoms with E-state index in [0.29, 0.717) is 5.92 Å². The lowest BCUT2D eigenvalue weighted by Gasteiger charge is -2.13. The lowest BCUT2D eigenvalue weighted by atomic mass is 9.99. The zero-order valence-corrected chi connectivity index (χ0v) is 7.01.